The Morgan fingerprint density at radius 1 is 0.852 bits per heavy atom. The van der Waals surface area contributed by atoms with Crippen LogP contribution in [0.5, 0.6) is 0 Å². The van der Waals surface area contributed by atoms with Crippen LogP contribution < -0.4 is 10.6 Å². The molecule has 2 aliphatic heterocycles. The predicted molar refractivity (Wildman–Crippen MR) is 103 cm³/mol. The normalized spacial score (nSPS) is 26.2. The lowest BCUT2D eigenvalue weighted by Crippen LogP contribution is -2.39. The maximum absolute atomic E-state index is 13.5. The first-order chi connectivity index (χ1) is 13.2. The zero-order valence-electron chi connectivity index (χ0n) is 14.7. The summed E-state index contributed by atoms with van der Waals surface area (Å²) >= 11 is 0. The molecule has 5 rings (SSSR count). The maximum atomic E-state index is 13.5. The van der Waals surface area contributed by atoms with Crippen LogP contribution in [-0.2, 0) is 10.2 Å². The van der Waals surface area contributed by atoms with Crippen LogP contribution in [0.3, 0.4) is 0 Å². The first kappa shape index (κ1) is 16.2. The molecule has 2 heterocycles. The number of fused-ring (bicyclic) bond motifs is 2. The van der Waals surface area contributed by atoms with Crippen LogP contribution in [0.15, 0.2) is 78.9 Å². The number of carbonyl (C=O) groups excluding carboxylic acids is 1. The Morgan fingerprint density at radius 2 is 1.56 bits per heavy atom. The van der Waals surface area contributed by atoms with Gasteiger partial charge in [-0.2, -0.15) is 0 Å². The number of halogens is 1. The van der Waals surface area contributed by atoms with Gasteiger partial charge in [0, 0.05) is 11.7 Å². The summed E-state index contributed by atoms with van der Waals surface area (Å²) in [5, 5.41) is 6.72. The van der Waals surface area contributed by atoms with E-state index in [1.807, 2.05) is 42.5 Å². The molecule has 2 N–H and O–H groups in total. The van der Waals surface area contributed by atoms with E-state index >= 15 is 0 Å². The largest absolute Gasteiger partial charge is 0.325 e. The van der Waals surface area contributed by atoms with E-state index in [4.69, 9.17) is 0 Å². The minimum Gasteiger partial charge on any atom is -0.325 e. The summed E-state index contributed by atoms with van der Waals surface area (Å²) in [7, 11) is 0. The zero-order valence-corrected chi connectivity index (χ0v) is 14.7. The van der Waals surface area contributed by atoms with Crippen LogP contribution in [0, 0.1) is 5.82 Å². The summed E-state index contributed by atoms with van der Waals surface area (Å²) < 4.78 is 13.5. The summed E-state index contributed by atoms with van der Waals surface area (Å²) in [6.45, 7) is 0. The summed E-state index contributed by atoms with van der Waals surface area (Å²) in [4.78, 5) is 13.3. The fraction of sp³-hybridized carbons (Fsp3) is 0.174. The van der Waals surface area contributed by atoms with Gasteiger partial charge in [-0.15, -0.1) is 0 Å². The quantitative estimate of drug-likeness (QED) is 0.709. The maximum Gasteiger partial charge on any atom is 0.237 e. The second-order valence-corrected chi connectivity index (χ2v) is 7.29. The molecule has 1 amide bonds. The smallest absolute Gasteiger partial charge is 0.237 e. The van der Waals surface area contributed by atoms with Gasteiger partial charge in [0.25, 0.3) is 0 Å². The fourth-order valence-electron chi connectivity index (χ4n) is 4.60. The van der Waals surface area contributed by atoms with Crippen LogP contribution in [0.4, 0.5) is 10.1 Å². The van der Waals surface area contributed by atoms with Crippen molar-refractivity contribution < 1.29 is 9.18 Å². The molecule has 3 aromatic carbocycles. The summed E-state index contributed by atoms with van der Waals surface area (Å²) in [5.74, 6) is -0.273. The van der Waals surface area contributed by atoms with Gasteiger partial charge in [0.15, 0.2) is 0 Å². The first-order valence-corrected chi connectivity index (χ1v) is 9.16. The zero-order chi connectivity index (χ0) is 18.4. The molecule has 0 bridgehead atoms. The van der Waals surface area contributed by atoms with Crippen molar-refractivity contribution in [3.05, 3.63) is 101 Å². The number of carbonyl (C=O) groups is 1. The molecular formula is C23H19FN2O. The van der Waals surface area contributed by atoms with Crippen molar-refractivity contribution in [2.75, 3.05) is 5.32 Å². The average molecular weight is 358 g/mol. The van der Waals surface area contributed by atoms with E-state index in [9.17, 15) is 9.18 Å². The lowest BCUT2D eigenvalue weighted by atomic mass is 9.72. The van der Waals surface area contributed by atoms with E-state index in [-0.39, 0.29) is 23.8 Å². The fourth-order valence-corrected chi connectivity index (χ4v) is 4.60. The number of anilines is 1. The highest BCUT2D eigenvalue weighted by Crippen LogP contribution is 2.55. The third kappa shape index (κ3) is 2.41. The summed E-state index contributed by atoms with van der Waals surface area (Å²) in [6.07, 6.45) is 0.655. The Morgan fingerprint density at radius 3 is 2.33 bits per heavy atom. The molecule has 134 valence electrons. The van der Waals surface area contributed by atoms with E-state index in [0.717, 1.165) is 22.4 Å². The Kier molecular flexibility index (Phi) is 3.62. The number of rotatable bonds is 2. The third-order valence-electron chi connectivity index (χ3n) is 5.85. The molecule has 0 aromatic heterocycles. The van der Waals surface area contributed by atoms with Crippen molar-refractivity contribution in [2.24, 2.45) is 0 Å². The third-order valence-corrected chi connectivity index (χ3v) is 5.85. The molecule has 0 aliphatic carbocycles. The van der Waals surface area contributed by atoms with E-state index in [2.05, 4.69) is 22.8 Å². The van der Waals surface area contributed by atoms with Gasteiger partial charge in [0.05, 0.1) is 11.5 Å². The number of benzene rings is 3. The van der Waals surface area contributed by atoms with Gasteiger partial charge in [-0.1, -0.05) is 60.7 Å². The van der Waals surface area contributed by atoms with E-state index in [1.54, 1.807) is 12.1 Å². The molecule has 3 atom stereocenters. The molecule has 3 nitrogen and oxygen atoms in total. The molecular weight excluding hydrogens is 339 g/mol. The monoisotopic (exact) mass is 358 g/mol. The first-order valence-electron chi connectivity index (χ1n) is 9.16. The molecule has 0 radical (unpaired) electrons. The van der Waals surface area contributed by atoms with Crippen LogP contribution in [-0.4, -0.2) is 5.91 Å². The van der Waals surface area contributed by atoms with Gasteiger partial charge < -0.3 is 10.6 Å². The number of para-hydroxylation sites is 1. The Labute approximate surface area is 157 Å². The number of hydrogen-bond acceptors (Lipinski definition) is 2. The van der Waals surface area contributed by atoms with Crippen molar-refractivity contribution >= 4 is 11.6 Å². The van der Waals surface area contributed by atoms with E-state index in [0.29, 0.717) is 6.42 Å². The molecule has 3 aromatic rings. The second kappa shape index (κ2) is 6.03. The van der Waals surface area contributed by atoms with Crippen molar-refractivity contribution in [1.82, 2.24) is 5.32 Å². The Bertz CT molecular complexity index is 1000. The van der Waals surface area contributed by atoms with E-state index in [1.165, 1.54) is 12.1 Å². The minimum absolute atomic E-state index is 0.00366. The van der Waals surface area contributed by atoms with Gasteiger partial charge in [0.1, 0.15) is 5.82 Å². The Balaban J connectivity index is 1.67. The lowest BCUT2D eigenvalue weighted by Gasteiger charge is -2.29. The second-order valence-electron chi connectivity index (χ2n) is 7.29. The average Bonchev–Trinajstić information content (AvgIpc) is 3.23. The van der Waals surface area contributed by atoms with Crippen LogP contribution in [0.1, 0.15) is 35.2 Å². The van der Waals surface area contributed by atoms with Gasteiger partial charge in [-0.3, -0.25) is 4.79 Å². The summed E-state index contributed by atoms with van der Waals surface area (Å²) in [6, 6.07) is 24.3. The van der Waals surface area contributed by atoms with Crippen LogP contribution >= 0.6 is 0 Å². The topological polar surface area (TPSA) is 41.1 Å². The number of hydrogen-bond donors (Lipinski definition) is 2. The van der Waals surface area contributed by atoms with Crippen molar-refractivity contribution in [3.63, 3.8) is 0 Å². The molecule has 4 heteroatoms. The SMILES string of the molecule is O=C1Nc2ccccc2C12CC(c1ccccc1)NC2c1ccc(F)cc1. The van der Waals surface area contributed by atoms with Gasteiger partial charge in [-0.05, 0) is 41.3 Å². The predicted octanol–water partition coefficient (Wildman–Crippen LogP) is 4.49. The molecule has 1 spiro atoms. The van der Waals surface area contributed by atoms with E-state index < -0.39 is 5.41 Å². The van der Waals surface area contributed by atoms with Crippen LogP contribution in [0.25, 0.3) is 0 Å². The van der Waals surface area contributed by atoms with Crippen molar-refractivity contribution in [3.8, 4) is 0 Å². The highest BCUT2D eigenvalue weighted by molar-refractivity contribution is 6.07. The van der Waals surface area contributed by atoms with Crippen molar-refractivity contribution in [1.29, 1.82) is 0 Å². The molecule has 1 saturated heterocycles. The lowest BCUT2D eigenvalue weighted by molar-refractivity contribution is -0.121. The molecule has 0 saturated carbocycles. The number of amides is 1. The summed E-state index contributed by atoms with van der Waals surface area (Å²) in [5.41, 5.74) is 3.23. The molecule has 2 aliphatic rings. The Hall–Kier alpha value is -2.98. The van der Waals surface area contributed by atoms with Gasteiger partial charge in [-0.25, -0.2) is 4.39 Å². The molecule has 27 heavy (non-hydrogen) atoms. The molecule has 3 unspecified atom stereocenters. The molecule has 1 fully saturated rings. The standard InChI is InChI=1S/C23H19FN2O/c24-17-12-10-16(11-13-17)21-23(14-20(25-21)15-6-2-1-3-7-15)18-8-4-5-9-19(18)26-22(23)27/h1-13,20-21,25H,14H2,(H,26,27). The van der Waals surface area contributed by atoms with Gasteiger partial charge in [0.2, 0.25) is 5.91 Å². The van der Waals surface area contributed by atoms with Gasteiger partial charge >= 0.3 is 0 Å². The highest BCUT2D eigenvalue weighted by atomic mass is 19.1. The number of nitrogens with one attached hydrogen (secondary N) is 2. The highest BCUT2D eigenvalue weighted by Gasteiger charge is 2.58. The minimum atomic E-state index is -0.713. The van der Waals surface area contributed by atoms with Crippen LogP contribution in [0.2, 0.25) is 0 Å². The van der Waals surface area contributed by atoms with Crippen molar-refractivity contribution in [2.45, 2.75) is 23.9 Å².